The number of hydrogen-bond acceptors (Lipinski definition) is 5. The summed E-state index contributed by atoms with van der Waals surface area (Å²) in [5.74, 6) is -0.955. The van der Waals surface area contributed by atoms with Crippen molar-refractivity contribution in [3.63, 3.8) is 0 Å². The quantitative estimate of drug-likeness (QED) is 0.755. The van der Waals surface area contributed by atoms with Crippen LogP contribution in [0.15, 0.2) is 29.1 Å². The Kier molecular flexibility index (Phi) is 4.85. The summed E-state index contributed by atoms with van der Waals surface area (Å²) in [7, 11) is 0. The number of aryl methyl sites for hydroxylation is 1. The Hall–Kier alpha value is -3.16. The fraction of sp³-hybridized carbons (Fsp3) is 0.400. The predicted molar refractivity (Wildman–Crippen MR) is 107 cm³/mol. The highest BCUT2D eigenvalue weighted by Gasteiger charge is 2.35. The Labute approximate surface area is 162 Å². The van der Waals surface area contributed by atoms with Gasteiger partial charge in [-0.05, 0) is 43.9 Å². The lowest BCUT2D eigenvalue weighted by molar-refractivity contribution is -0.123. The normalized spacial score (nSPS) is 19.0. The number of amides is 2. The van der Waals surface area contributed by atoms with Gasteiger partial charge in [0.2, 0.25) is 17.8 Å². The van der Waals surface area contributed by atoms with Crippen molar-refractivity contribution >= 4 is 29.3 Å². The monoisotopic (exact) mass is 381 g/mol. The summed E-state index contributed by atoms with van der Waals surface area (Å²) in [4.78, 5) is 47.1. The first-order valence-corrected chi connectivity index (χ1v) is 9.58. The third kappa shape index (κ3) is 3.62. The van der Waals surface area contributed by atoms with Crippen molar-refractivity contribution < 1.29 is 9.59 Å². The van der Waals surface area contributed by atoms with Crippen LogP contribution in [-0.2, 0) is 9.59 Å². The second-order valence-corrected chi connectivity index (χ2v) is 7.36. The van der Waals surface area contributed by atoms with Crippen molar-refractivity contribution in [3.8, 4) is 0 Å². The van der Waals surface area contributed by atoms with E-state index >= 15 is 0 Å². The molecular formula is C20H23N5O3. The minimum atomic E-state index is -0.879. The van der Waals surface area contributed by atoms with Gasteiger partial charge in [-0.3, -0.25) is 19.4 Å². The molecule has 28 heavy (non-hydrogen) atoms. The standard InChI is InChI=1S/C20H23N5O3/c1-12-6-5-7-13(10-12)21-18(27)14-11-15(26)22-17-16(14)19(28)24-20(23-17)25-8-3-2-4-9-25/h5-7,10,14H,2-4,8-9,11H2,1H3,(H,21,27)(H2,22,23,24,26,28)/t14-/m0/s1. The largest absolute Gasteiger partial charge is 0.342 e. The number of carbonyl (C=O) groups is 2. The second-order valence-electron chi connectivity index (χ2n) is 7.36. The Morgan fingerprint density at radius 1 is 1.21 bits per heavy atom. The minimum Gasteiger partial charge on any atom is -0.342 e. The van der Waals surface area contributed by atoms with Gasteiger partial charge in [0, 0.05) is 25.2 Å². The maximum atomic E-state index is 12.8. The minimum absolute atomic E-state index is 0.0849. The third-order valence-corrected chi connectivity index (χ3v) is 5.20. The van der Waals surface area contributed by atoms with E-state index in [1.807, 2.05) is 30.0 Å². The van der Waals surface area contributed by atoms with Crippen molar-refractivity contribution in [2.75, 3.05) is 28.6 Å². The molecule has 2 amide bonds. The maximum Gasteiger partial charge on any atom is 0.258 e. The molecule has 0 unspecified atom stereocenters. The van der Waals surface area contributed by atoms with Gasteiger partial charge in [0.15, 0.2) is 0 Å². The number of aromatic nitrogens is 2. The molecule has 1 atom stereocenters. The second kappa shape index (κ2) is 7.46. The Balaban J connectivity index is 1.65. The smallest absolute Gasteiger partial charge is 0.258 e. The van der Waals surface area contributed by atoms with E-state index in [2.05, 4.69) is 20.6 Å². The van der Waals surface area contributed by atoms with Gasteiger partial charge < -0.3 is 15.5 Å². The number of hydrogen-bond donors (Lipinski definition) is 3. The zero-order chi connectivity index (χ0) is 19.7. The molecule has 1 saturated heterocycles. The molecule has 146 valence electrons. The van der Waals surface area contributed by atoms with Crippen molar-refractivity contribution in [1.29, 1.82) is 0 Å². The lowest BCUT2D eigenvalue weighted by Crippen LogP contribution is -2.38. The van der Waals surface area contributed by atoms with Crippen molar-refractivity contribution in [2.24, 2.45) is 0 Å². The van der Waals surface area contributed by atoms with E-state index in [1.165, 1.54) is 0 Å². The summed E-state index contributed by atoms with van der Waals surface area (Å²) in [5, 5.41) is 5.47. The molecule has 8 heteroatoms. The summed E-state index contributed by atoms with van der Waals surface area (Å²) in [5.41, 5.74) is 1.47. The molecular weight excluding hydrogens is 358 g/mol. The number of piperidine rings is 1. The highest BCUT2D eigenvalue weighted by Crippen LogP contribution is 2.30. The number of fused-ring (bicyclic) bond motifs is 1. The van der Waals surface area contributed by atoms with E-state index in [9.17, 15) is 14.4 Å². The molecule has 1 aromatic heterocycles. The van der Waals surface area contributed by atoms with E-state index in [0.29, 0.717) is 11.6 Å². The molecule has 0 saturated carbocycles. The zero-order valence-corrected chi connectivity index (χ0v) is 15.7. The molecule has 8 nitrogen and oxygen atoms in total. The molecule has 3 heterocycles. The van der Waals surface area contributed by atoms with E-state index in [0.717, 1.165) is 37.9 Å². The number of nitrogens with zero attached hydrogens (tertiary/aromatic N) is 2. The summed E-state index contributed by atoms with van der Waals surface area (Å²) < 4.78 is 0. The molecule has 1 aromatic carbocycles. The Morgan fingerprint density at radius 3 is 2.75 bits per heavy atom. The van der Waals surface area contributed by atoms with Crippen LogP contribution >= 0.6 is 0 Å². The number of carbonyl (C=O) groups excluding carboxylic acids is 2. The first-order valence-electron chi connectivity index (χ1n) is 9.58. The number of benzene rings is 1. The van der Waals surface area contributed by atoms with E-state index < -0.39 is 5.92 Å². The highest BCUT2D eigenvalue weighted by molar-refractivity contribution is 6.04. The van der Waals surface area contributed by atoms with Crippen molar-refractivity contribution in [3.05, 3.63) is 45.7 Å². The number of nitrogens with one attached hydrogen (secondary N) is 3. The van der Waals surface area contributed by atoms with Crippen LogP contribution in [0.25, 0.3) is 0 Å². The molecule has 3 N–H and O–H groups in total. The predicted octanol–water partition coefficient (Wildman–Crippen LogP) is 2.13. The molecule has 2 aromatic rings. The molecule has 2 aliphatic heterocycles. The summed E-state index contributed by atoms with van der Waals surface area (Å²) >= 11 is 0. The van der Waals surface area contributed by atoms with E-state index in [1.54, 1.807) is 6.07 Å². The molecule has 0 bridgehead atoms. The highest BCUT2D eigenvalue weighted by atomic mass is 16.2. The van der Waals surface area contributed by atoms with Gasteiger partial charge >= 0.3 is 0 Å². The van der Waals surface area contributed by atoms with Gasteiger partial charge in [-0.1, -0.05) is 12.1 Å². The molecule has 4 rings (SSSR count). The van der Waals surface area contributed by atoms with Crippen LogP contribution < -0.4 is 21.1 Å². The maximum absolute atomic E-state index is 12.8. The number of anilines is 3. The molecule has 1 fully saturated rings. The van der Waals surface area contributed by atoms with E-state index in [4.69, 9.17) is 0 Å². The van der Waals surface area contributed by atoms with E-state index in [-0.39, 0.29) is 35.2 Å². The van der Waals surface area contributed by atoms with Crippen LogP contribution in [0, 0.1) is 6.92 Å². The number of rotatable bonds is 3. The third-order valence-electron chi connectivity index (χ3n) is 5.20. The van der Waals surface area contributed by atoms with Crippen molar-refractivity contribution in [1.82, 2.24) is 9.97 Å². The van der Waals surface area contributed by atoms with Gasteiger partial charge in [0.25, 0.3) is 5.56 Å². The number of aromatic amines is 1. The average molecular weight is 381 g/mol. The van der Waals surface area contributed by atoms with Gasteiger partial charge in [-0.15, -0.1) is 0 Å². The van der Waals surface area contributed by atoms with Crippen LogP contribution in [0.5, 0.6) is 0 Å². The summed E-state index contributed by atoms with van der Waals surface area (Å²) in [6.45, 7) is 3.55. The Morgan fingerprint density at radius 2 is 2.00 bits per heavy atom. The van der Waals surface area contributed by atoms with Gasteiger partial charge in [0.1, 0.15) is 5.82 Å². The lowest BCUT2D eigenvalue weighted by Gasteiger charge is -2.29. The van der Waals surface area contributed by atoms with Crippen LogP contribution in [0.2, 0.25) is 0 Å². The molecule has 0 aliphatic carbocycles. The first kappa shape index (κ1) is 18.2. The van der Waals surface area contributed by atoms with Gasteiger partial charge in [-0.2, -0.15) is 4.98 Å². The van der Waals surface area contributed by atoms with Gasteiger partial charge in [0.05, 0.1) is 11.5 Å². The summed E-state index contributed by atoms with van der Waals surface area (Å²) in [6, 6.07) is 7.38. The average Bonchev–Trinajstić information content (AvgIpc) is 2.67. The van der Waals surface area contributed by atoms with Crippen LogP contribution in [0.1, 0.15) is 42.7 Å². The fourth-order valence-corrected chi connectivity index (χ4v) is 3.79. The zero-order valence-electron chi connectivity index (χ0n) is 15.7. The molecule has 0 spiro atoms. The molecule has 0 radical (unpaired) electrons. The van der Waals surface area contributed by atoms with Crippen LogP contribution in [0.4, 0.5) is 17.5 Å². The SMILES string of the molecule is Cc1cccc(NC(=O)[C@H]2CC(=O)Nc3nc(N4CCCCC4)[nH]c(=O)c32)c1. The fourth-order valence-electron chi connectivity index (χ4n) is 3.79. The van der Waals surface area contributed by atoms with Crippen LogP contribution in [-0.4, -0.2) is 34.9 Å². The number of H-pyrrole nitrogens is 1. The van der Waals surface area contributed by atoms with Gasteiger partial charge in [-0.25, -0.2) is 0 Å². The lowest BCUT2D eigenvalue weighted by atomic mass is 9.92. The van der Waals surface area contributed by atoms with Crippen LogP contribution in [0.3, 0.4) is 0 Å². The molecule has 2 aliphatic rings. The Bertz CT molecular complexity index is 978. The summed E-state index contributed by atoms with van der Waals surface area (Å²) in [6.07, 6.45) is 3.14. The first-order chi connectivity index (χ1) is 13.5. The van der Waals surface area contributed by atoms with Crippen molar-refractivity contribution in [2.45, 2.75) is 38.5 Å². The topological polar surface area (TPSA) is 107 Å².